The quantitative estimate of drug-likeness (QED) is 0.907. The summed E-state index contributed by atoms with van der Waals surface area (Å²) in [5.41, 5.74) is 3.68. The second kappa shape index (κ2) is 5.93. The second-order valence-electron chi connectivity index (χ2n) is 4.77. The van der Waals surface area contributed by atoms with Crippen molar-refractivity contribution >= 4 is 0 Å². The first-order valence-electron chi connectivity index (χ1n) is 6.53. The van der Waals surface area contributed by atoms with Crippen LogP contribution in [0.15, 0.2) is 36.5 Å². The molecule has 1 heterocycles. The van der Waals surface area contributed by atoms with Gasteiger partial charge in [-0.1, -0.05) is 24.6 Å². The predicted octanol–water partition coefficient (Wildman–Crippen LogP) is 3.54. The van der Waals surface area contributed by atoms with Gasteiger partial charge >= 0.3 is 0 Å². The number of halogens is 1. The minimum atomic E-state index is -0.204. The first kappa shape index (κ1) is 13.7. The van der Waals surface area contributed by atoms with Crippen LogP contribution in [-0.4, -0.2) is 11.5 Å². The maximum absolute atomic E-state index is 14.1. The van der Waals surface area contributed by atoms with Crippen LogP contribution in [0.1, 0.15) is 35.3 Å². The first-order valence-corrected chi connectivity index (χ1v) is 6.53. The van der Waals surface area contributed by atoms with Crippen molar-refractivity contribution in [3.05, 3.63) is 64.7 Å². The normalized spacial score (nSPS) is 12.4. The lowest BCUT2D eigenvalue weighted by Crippen LogP contribution is -2.24. The maximum atomic E-state index is 14.1. The first-order chi connectivity index (χ1) is 9.11. The average molecular weight is 258 g/mol. The Kier molecular flexibility index (Phi) is 4.27. The van der Waals surface area contributed by atoms with E-state index in [9.17, 15) is 4.39 Å². The van der Waals surface area contributed by atoms with Gasteiger partial charge in [0.25, 0.3) is 0 Å². The molecule has 100 valence electrons. The molecular formula is C16H19FN2. The second-order valence-corrected chi connectivity index (χ2v) is 4.77. The Labute approximate surface area is 113 Å². The van der Waals surface area contributed by atoms with Gasteiger partial charge in [0.1, 0.15) is 5.82 Å². The number of benzene rings is 1. The van der Waals surface area contributed by atoms with Crippen LogP contribution < -0.4 is 5.32 Å². The minimum Gasteiger partial charge on any atom is -0.305 e. The van der Waals surface area contributed by atoms with Gasteiger partial charge in [-0.15, -0.1) is 0 Å². The smallest absolute Gasteiger partial charge is 0.128 e. The van der Waals surface area contributed by atoms with Crippen molar-refractivity contribution in [3.63, 3.8) is 0 Å². The molecule has 1 aromatic carbocycles. The summed E-state index contributed by atoms with van der Waals surface area (Å²) in [6.45, 7) is 6.75. The van der Waals surface area contributed by atoms with E-state index in [1.165, 1.54) is 6.07 Å². The molecule has 0 radical (unpaired) electrons. The van der Waals surface area contributed by atoms with Crippen molar-refractivity contribution in [1.29, 1.82) is 0 Å². The molecule has 0 amide bonds. The van der Waals surface area contributed by atoms with E-state index in [2.05, 4.69) is 10.3 Å². The Morgan fingerprint density at radius 1 is 1.16 bits per heavy atom. The number of hydrogen-bond donors (Lipinski definition) is 1. The number of hydrogen-bond acceptors (Lipinski definition) is 2. The van der Waals surface area contributed by atoms with Crippen molar-refractivity contribution in [3.8, 4) is 0 Å². The summed E-state index contributed by atoms with van der Waals surface area (Å²) < 4.78 is 14.1. The van der Waals surface area contributed by atoms with Crippen molar-refractivity contribution in [1.82, 2.24) is 10.3 Å². The fourth-order valence-electron chi connectivity index (χ4n) is 2.18. The number of nitrogens with one attached hydrogen (secondary N) is 1. The fraction of sp³-hybridized carbons (Fsp3) is 0.312. The zero-order valence-electron chi connectivity index (χ0n) is 11.6. The summed E-state index contributed by atoms with van der Waals surface area (Å²) in [5.74, 6) is -0.195. The van der Waals surface area contributed by atoms with Gasteiger partial charge in [-0.25, -0.2) is 4.39 Å². The molecular weight excluding hydrogens is 239 g/mol. The molecule has 0 aliphatic heterocycles. The van der Waals surface area contributed by atoms with E-state index in [0.29, 0.717) is 5.56 Å². The van der Waals surface area contributed by atoms with E-state index in [1.54, 1.807) is 12.3 Å². The SMILES string of the molecule is CCNC(c1cc(C)ccn1)c1cc(C)ccc1F. The van der Waals surface area contributed by atoms with E-state index in [0.717, 1.165) is 23.4 Å². The molecule has 0 saturated heterocycles. The van der Waals surface area contributed by atoms with E-state index >= 15 is 0 Å². The minimum absolute atomic E-state index is 0.195. The molecule has 1 N–H and O–H groups in total. The molecule has 1 aromatic heterocycles. The van der Waals surface area contributed by atoms with E-state index in [-0.39, 0.29) is 11.9 Å². The summed E-state index contributed by atoms with van der Waals surface area (Å²) in [7, 11) is 0. The Bertz CT molecular complexity index is 566. The number of pyridine rings is 1. The summed E-state index contributed by atoms with van der Waals surface area (Å²) in [6, 6.07) is 8.92. The van der Waals surface area contributed by atoms with Gasteiger partial charge in [-0.2, -0.15) is 0 Å². The van der Waals surface area contributed by atoms with Crippen molar-refractivity contribution in [2.24, 2.45) is 0 Å². The number of aryl methyl sites for hydroxylation is 2. The molecule has 0 spiro atoms. The van der Waals surface area contributed by atoms with Crippen LogP contribution in [-0.2, 0) is 0 Å². The molecule has 2 rings (SSSR count). The van der Waals surface area contributed by atoms with Gasteiger partial charge < -0.3 is 5.32 Å². The van der Waals surface area contributed by atoms with Crippen molar-refractivity contribution < 1.29 is 4.39 Å². The van der Waals surface area contributed by atoms with Crippen LogP contribution >= 0.6 is 0 Å². The lowest BCUT2D eigenvalue weighted by Gasteiger charge is -2.19. The van der Waals surface area contributed by atoms with Crippen LogP contribution in [0.3, 0.4) is 0 Å². The Hall–Kier alpha value is -1.74. The summed E-state index contributed by atoms with van der Waals surface area (Å²) >= 11 is 0. The van der Waals surface area contributed by atoms with Gasteiger partial charge in [0.2, 0.25) is 0 Å². The van der Waals surface area contributed by atoms with Crippen molar-refractivity contribution in [2.45, 2.75) is 26.8 Å². The van der Waals surface area contributed by atoms with Crippen LogP contribution in [0.4, 0.5) is 4.39 Å². The molecule has 1 unspecified atom stereocenters. The predicted molar refractivity (Wildman–Crippen MR) is 75.6 cm³/mol. The number of rotatable bonds is 4. The summed E-state index contributed by atoms with van der Waals surface area (Å²) in [4.78, 5) is 4.38. The van der Waals surface area contributed by atoms with Crippen LogP contribution in [0.2, 0.25) is 0 Å². The highest BCUT2D eigenvalue weighted by Crippen LogP contribution is 2.24. The molecule has 0 bridgehead atoms. The lowest BCUT2D eigenvalue weighted by atomic mass is 9.99. The van der Waals surface area contributed by atoms with Crippen molar-refractivity contribution in [2.75, 3.05) is 6.54 Å². The third-order valence-electron chi connectivity index (χ3n) is 3.10. The van der Waals surface area contributed by atoms with Crippen LogP contribution in [0, 0.1) is 19.7 Å². The molecule has 0 aliphatic carbocycles. The molecule has 2 nitrogen and oxygen atoms in total. The van der Waals surface area contributed by atoms with Gasteiger partial charge in [-0.3, -0.25) is 4.98 Å². The monoisotopic (exact) mass is 258 g/mol. The lowest BCUT2D eigenvalue weighted by molar-refractivity contribution is 0.551. The largest absolute Gasteiger partial charge is 0.305 e. The van der Waals surface area contributed by atoms with Gasteiger partial charge in [0.05, 0.1) is 11.7 Å². The Morgan fingerprint density at radius 3 is 2.58 bits per heavy atom. The maximum Gasteiger partial charge on any atom is 0.128 e. The highest BCUT2D eigenvalue weighted by Gasteiger charge is 2.18. The zero-order valence-corrected chi connectivity index (χ0v) is 11.6. The molecule has 0 saturated carbocycles. The standard InChI is InChI=1S/C16H19FN2/c1-4-18-16(15-10-12(3)7-8-19-15)13-9-11(2)5-6-14(13)17/h5-10,16,18H,4H2,1-3H3. The molecule has 0 fully saturated rings. The summed E-state index contributed by atoms with van der Waals surface area (Å²) in [5, 5.41) is 3.31. The number of aromatic nitrogens is 1. The highest BCUT2D eigenvalue weighted by molar-refractivity contribution is 5.33. The third-order valence-corrected chi connectivity index (χ3v) is 3.10. The van der Waals surface area contributed by atoms with E-state index < -0.39 is 0 Å². The molecule has 1 atom stereocenters. The van der Waals surface area contributed by atoms with Gasteiger partial charge in [0.15, 0.2) is 0 Å². The van der Waals surface area contributed by atoms with Crippen LogP contribution in [0.25, 0.3) is 0 Å². The zero-order chi connectivity index (χ0) is 13.8. The third kappa shape index (κ3) is 3.18. The molecule has 19 heavy (non-hydrogen) atoms. The molecule has 2 aromatic rings. The molecule has 3 heteroatoms. The molecule has 0 aliphatic rings. The Balaban J connectivity index is 2.48. The van der Waals surface area contributed by atoms with Gasteiger partial charge in [-0.05, 0) is 44.2 Å². The average Bonchev–Trinajstić information content (AvgIpc) is 2.39. The fourth-order valence-corrected chi connectivity index (χ4v) is 2.18. The van der Waals surface area contributed by atoms with E-state index in [1.807, 2.05) is 39.0 Å². The Morgan fingerprint density at radius 2 is 1.89 bits per heavy atom. The number of nitrogens with zero attached hydrogens (tertiary/aromatic N) is 1. The highest BCUT2D eigenvalue weighted by atomic mass is 19.1. The van der Waals surface area contributed by atoms with Crippen LogP contribution in [0.5, 0.6) is 0 Å². The van der Waals surface area contributed by atoms with E-state index in [4.69, 9.17) is 0 Å². The topological polar surface area (TPSA) is 24.9 Å². The summed E-state index contributed by atoms with van der Waals surface area (Å²) in [6.07, 6.45) is 1.77. The van der Waals surface area contributed by atoms with Gasteiger partial charge in [0, 0.05) is 11.8 Å².